The summed E-state index contributed by atoms with van der Waals surface area (Å²) in [5.74, 6) is -0.396. The summed E-state index contributed by atoms with van der Waals surface area (Å²) < 4.78 is 0. The van der Waals surface area contributed by atoms with Gasteiger partial charge in [-0.05, 0) is 37.5 Å². The fourth-order valence-corrected chi connectivity index (χ4v) is 2.86. The largest absolute Gasteiger partial charge is 0.395 e. The van der Waals surface area contributed by atoms with Gasteiger partial charge in [-0.15, -0.1) is 0 Å². The zero-order valence-corrected chi connectivity index (χ0v) is 11.4. The Balaban J connectivity index is 2.14. The lowest BCUT2D eigenvalue weighted by molar-refractivity contribution is 0.0451. The normalized spacial score (nSPS) is 24.3. The van der Waals surface area contributed by atoms with Crippen molar-refractivity contribution >= 4 is 5.91 Å². The van der Waals surface area contributed by atoms with Gasteiger partial charge in [0.15, 0.2) is 0 Å². The van der Waals surface area contributed by atoms with Gasteiger partial charge in [0.1, 0.15) is 0 Å². The maximum atomic E-state index is 11.2. The number of benzene rings is 1. The monoisotopic (exact) mass is 262 g/mol. The molecule has 3 N–H and O–H groups in total. The van der Waals surface area contributed by atoms with Gasteiger partial charge in [0.2, 0.25) is 5.91 Å². The Morgan fingerprint density at radius 2 is 2.26 bits per heavy atom. The molecule has 19 heavy (non-hydrogen) atoms. The molecule has 1 heterocycles. The zero-order valence-electron chi connectivity index (χ0n) is 11.4. The first-order valence-corrected chi connectivity index (χ1v) is 6.87. The van der Waals surface area contributed by atoms with Crippen LogP contribution in [0.25, 0.3) is 0 Å². The molecule has 1 amide bonds. The molecule has 2 rings (SSSR count). The number of piperidine rings is 1. The van der Waals surface area contributed by atoms with E-state index in [0.717, 1.165) is 24.9 Å². The number of rotatable bonds is 4. The average molecular weight is 262 g/mol. The fourth-order valence-electron chi connectivity index (χ4n) is 2.86. The lowest BCUT2D eigenvalue weighted by Crippen LogP contribution is -2.46. The van der Waals surface area contributed by atoms with Gasteiger partial charge in [-0.2, -0.15) is 0 Å². The van der Waals surface area contributed by atoms with E-state index in [-0.39, 0.29) is 12.6 Å². The number of likely N-dealkylation sites (tertiary alicyclic amines) is 1. The van der Waals surface area contributed by atoms with Crippen molar-refractivity contribution in [3.05, 3.63) is 35.4 Å². The molecular formula is C15H22N2O2. The summed E-state index contributed by atoms with van der Waals surface area (Å²) in [7, 11) is 0. The number of nitrogens with two attached hydrogens (primary N) is 1. The van der Waals surface area contributed by atoms with Crippen molar-refractivity contribution in [3.63, 3.8) is 0 Å². The molecule has 0 radical (unpaired) electrons. The van der Waals surface area contributed by atoms with Gasteiger partial charge >= 0.3 is 0 Å². The molecule has 0 aromatic heterocycles. The molecule has 0 saturated carbocycles. The molecule has 0 aliphatic carbocycles. The molecule has 1 aromatic rings. The summed E-state index contributed by atoms with van der Waals surface area (Å²) in [6.45, 7) is 3.15. The molecule has 2 atom stereocenters. The van der Waals surface area contributed by atoms with Gasteiger partial charge in [0.25, 0.3) is 0 Å². The van der Waals surface area contributed by atoms with E-state index < -0.39 is 5.91 Å². The molecule has 1 aromatic carbocycles. The number of carbonyl (C=O) groups excluding carboxylic acids is 1. The highest BCUT2D eigenvalue weighted by molar-refractivity contribution is 5.92. The number of aliphatic hydroxyl groups is 1. The smallest absolute Gasteiger partial charge is 0.248 e. The van der Waals surface area contributed by atoms with Crippen LogP contribution in [0.5, 0.6) is 0 Å². The number of primary amides is 1. The fraction of sp³-hybridized carbons (Fsp3) is 0.533. The third-order valence-electron chi connectivity index (χ3n) is 3.98. The Kier molecular flexibility index (Phi) is 4.56. The molecular weight excluding hydrogens is 240 g/mol. The van der Waals surface area contributed by atoms with Crippen LogP contribution in [0.3, 0.4) is 0 Å². The second-order valence-electron chi connectivity index (χ2n) is 5.35. The maximum absolute atomic E-state index is 11.2. The van der Waals surface area contributed by atoms with Crippen molar-refractivity contribution in [2.45, 2.75) is 44.8 Å². The van der Waals surface area contributed by atoms with E-state index in [0.29, 0.717) is 11.6 Å². The van der Waals surface area contributed by atoms with E-state index in [1.165, 1.54) is 6.42 Å². The van der Waals surface area contributed by atoms with Gasteiger partial charge in [-0.25, -0.2) is 0 Å². The van der Waals surface area contributed by atoms with E-state index in [4.69, 9.17) is 5.73 Å². The van der Waals surface area contributed by atoms with E-state index in [2.05, 4.69) is 11.8 Å². The second kappa shape index (κ2) is 6.17. The highest BCUT2D eigenvalue weighted by Crippen LogP contribution is 2.24. The predicted octanol–water partition coefficient (Wildman–Crippen LogP) is 1.52. The number of carbonyl (C=O) groups is 1. The average Bonchev–Trinajstić information content (AvgIpc) is 2.41. The summed E-state index contributed by atoms with van der Waals surface area (Å²) in [5, 5.41) is 9.48. The molecule has 1 fully saturated rings. The molecule has 1 aliphatic heterocycles. The number of amides is 1. The van der Waals surface area contributed by atoms with Crippen LogP contribution in [-0.2, 0) is 6.54 Å². The summed E-state index contributed by atoms with van der Waals surface area (Å²) in [6.07, 6.45) is 3.37. The number of hydrogen-bond acceptors (Lipinski definition) is 3. The van der Waals surface area contributed by atoms with Crippen molar-refractivity contribution in [3.8, 4) is 0 Å². The highest BCUT2D eigenvalue weighted by Gasteiger charge is 2.27. The molecule has 1 aliphatic rings. The molecule has 4 nitrogen and oxygen atoms in total. The Bertz CT molecular complexity index is 448. The van der Waals surface area contributed by atoms with Crippen molar-refractivity contribution in [2.24, 2.45) is 5.73 Å². The van der Waals surface area contributed by atoms with Crippen molar-refractivity contribution < 1.29 is 9.90 Å². The van der Waals surface area contributed by atoms with Crippen molar-refractivity contribution in [2.75, 3.05) is 6.61 Å². The highest BCUT2D eigenvalue weighted by atomic mass is 16.3. The van der Waals surface area contributed by atoms with Crippen LogP contribution in [-0.4, -0.2) is 34.6 Å². The van der Waals surface area contributed by atoms with Gasteiger partial charge in [-0.3, -0.25) is 9.69 Å². The first-order chi connectivity index (χ1) is 9.11. The number of aliphatic hydroxyl groups excluding tert-OH is 1. The first-order valence-electron chi connectivity index (χ1n) is 6.87. The standard InChI is InChI=1S/C15H22N2O2/c1-11-4-2-7-14(10-18)17(11)9-12-5-3-6-13(8-12)15(16)19/h3,5-6,8,11,14,18H,2,4,7,9-10H2,1H3,(H2,16,19). The van der Waals surface area contributed by atoms with Gasteiger partial charge in [0.05, 0.1) is 6.61 Å². The van der Waals surface area contributed by atoms with Gasteiger partial charge in [0, 0.05) is 24.2 Å². The topological polar surface area (TPSA) is 66.6 Å². The minimum absolute atomic E-state index is 0.194. The lowest BCUT2D eigenvalue weighted by atomic mass is 9.96. The zero-order chi connectivity index (χ0) is 13.8. The summed E-state index contributed by atoms with van der Waals surface area (Å²) >= 11 is 0. The quantitative estimate of drug-likeness (QED) is 0.864. The first kappa shape index (κ1) is 14.0. The van der Waals surface area contributed by atoms with E-state index in [1.807, 2.05) is 18.2 Å². The Morgan fingerprint density at radius 3 is 2.95 bits per heavy atom. The van der Waals surface area contributed by atoms with Gasteiger partial charge < -0.3 is 10.8 Å². The van der Waals surface area contributed by atoms with Crippen LogP contribution in [0, 0.1) is 0 Å². The predicted molar refractivity (Wildman–Crippen MR) is 74.7 cm³/mol. The summed E-state index contributed by atoms with van der Waals surface area (Å²) in [6, 6.07) is 8.12. The Hall–Kier alpha value is -1.39. The summed E-state index contributed by atoms with van der Waals surface area (Å²) in [5.41, 5.74) is 6.92. The third-order valence-corrected chi connectivity index (χ3v) is 3.98. The third kappa shape index (κ3) is 3.33. The lowest BCUT2D eigenvalue weighted by Gasteiger charge is -2.40. The van der Waals surface area contributed by atoms with E-state index >= 15 is 0 Å². The Labute approximate surface area is 114 Å². The molecule has 0 spiro atoms. The van der Waals surface area contributed by atoms with Crippen LogP contribution < -0.4 is 5.73 Å². The summed E-state index contributed by atoms with van der Waals surface area (Å²) in [4.78, 5) is 13.5. The van der Waals surface area contributed by atoms with Gasteiger partial charge in [-0.1, -0.05) is 18.6 Å². The van der Waals surface area contributed by atoms with E-state index in [9.17, 15) is 9.90 Å². The SMILES string of the molecule is CC1CCCC(CO)N1Cc1cccc(C(N)=O)c1. The van der Waals surface area contributed by atoms with E-state index in [1.54, 1.807) is 6.07 Å². The molecule has 4 heteroatoms. The number of hydrogen-bond donors (Lipinski definition) is 2. The molecule has 1 saturated heterocycles. The van der Waals surface area contributed by atoms with Crippen LogP contribution in [0.15, 0.2) is 24.3 Å². The minimum Gasteiger partial charge on any atom is -0.395 e. The molecule has 104 valence electrons. The second-order valence-corrected chi connectivity index (χ2v) is 5.35. The van der Waals surface area contributed by atoms with Crippen LogP contribution in [0.2, 0.25) is 0 Å². The van der Waals surface area contributed by atoms with Crippen LogP contribution >= 0.6 is 0 Å². The maximum Gasteiger partial charge on any atom is 0.248 e. The van der Waals surface area contributed by atoms with Crippen LogP contribution in [0.4, 0.5) is 0 Å². The van der Waals surface area contributed by atoms with Crippen LogP contribution in [0.1, 0.15) is 42.1 Å². The molecule has 0 bridgehead atoms. The van der Waals surface area contributed by atoms with Crippen molar-refractivity contribution in [1.29, 1.82) is 0 Å². The minimum atomic E-state index is -0.396. The van der Waals surface area contributed by atoms with Crippen molar-refractivity contribution in [1.82, 2.24) is 4.90 Å². The number of nitrogens with zero attached hydrogens (tertiary/aromatic N) is 1. The Morgan fingerprint density at radius 1 is 1.47 bits per heavy atom. The molecule has 2 unspecified atom stereocenters.